The van der Waals surface area contributed by atoms with Crippen molar-refractivity contribution in [2.75, 3.05) is 0 Å². The summed E-state index contributed by atoms with van der Waals surface area (Å²) in [4.78, 5) is 1.44. The molecule has 1 aliphatic rings. The smallest absolute Gasteiger partial charge is 0.00892 e. The second-order valence-electron chi connectivity index (χ2n) is 8.96. The SMILES string of the molecule is Cc1ccc(/C=C/c2cc3c(cc2Cc2cccs2)C(C)CCC3(C)C)cc1. The standard InChI is InChI=1S/C27H30S/c1-19-7-9-21(10-8-19)11-12-22-18-26-25(20(2)13-14-27(26,3)4)17-23(22)16-24-6-5-15-28-24/h5-12,15,17-18,20H,13-14,16H2,1-4H3/b12-11+. The van der Waals surface area contributed by atoms with Gasteiger partial charge >= 0.3 is 0 Å². The highest BCUT2D eigenvalue weighted by Gasteiger charge is 2.31. The fourth-order valence-electron chi connectivity index (χ4n) is 4.31. The van der Waals surface area contributed by atoms with Gasteiger partial charge in [-0.25, -0.2) is 0 Å². The van der Waals surface area contributed by atoms with Crippen LogP contribution in [-0.2, 0) is 11.8 Å². The van der Waals surface area contributed by atoms with Gasteiger partial charge in [0.25, 0.3) is 0 Å². The van der Waals surface area contributed by atoms with E-state index in [9.17, 15) is 0 Å². The molecule has 0 radical (unpaired) electrons. The highest BCUT2D eigenvalue weighted by Crippen LogP contribution is 2.44. The Balaban J connectivity index is 1.78. The number of hydrogen-bond acceptors (Lipinski definition) is 1. The Hall–Kier alpha value is -2.12. The minimum absolute atomic E-state index is 0.260. The molecule has 0 spiro atoms. The van der Waals surface area contributed by atoms with Gasteiger partial charge in [-0.15, -0.1) is 11.3 Å². The minimum atomic E-state index is 0.260. The lowest BCUT2D eigenvalue weighted by Gasteiger charge is -2.37. The van der Waals surface area contributed by atoms with Crippen molar-refractivity contribution < 1.29 is 0 Å². The zero-order chi connectivity index (χ0) is 19.7. The van der Waals surface area contributed by atoms with Crippen LogP contribution in [0.1, 0.15) is 77.8 Å². The van der Waals surface area contributed by atoms with E-state index in [0.29, 0.717) is 5.92 Å². The Labute approximate surface area is 174 Å². The van der Waals surface area contributed by atoms with Crippen molar-refractivity contribution in [1.82, 2.24) is 0 Å². The molecule has 1 heterocycles. The van der Waals surface area contributed by atoms with Crippen LogP contribution in [0.4, 0.5) is 0 Å². The van der Waals surface area contributed by atoms with Gasteiger partial charge in [-0.2, -0.15) is 0 Å². The predicted molar refractivity (Wildman–Crippen MR) is 124 cm³/mol. The first kappa shape index (κ1) is 19.2. The van der Waals surface area contributed by atoms with Crippen LogP contribution in [0.5, 0.6) is 0 Å². The lowest BCUT2D eigenvalue weighted by atomic mass is 9.68. The first-order chi connectivity index (χ1) is 13.4. The van der Waals surface area contributed by atoms with E-state index in [1.807, 2.05) is 11.3 Å². The van der Waals surface area contributed by atoms with E-state index in [4.69, 9.17) is 0 Å². The number of hydrogen-bond donors (Lipinski definition) is 0. The first-order valence-electron chi connectivity index (χ1n) is 10.4. The summed E-state index contributed by atoms with van der Waals surface area (Å²) >= 11 is 1.86. The molecule has 1 heteroatoms. The summed E-state index contributed by atoms with van der Waals surface area (Å²) < 4.78 is 0. The average Bonchev–Trinajstić information content (AvgIpc) is 3.18. The van der Waals surface area contributed by atoms with Crippen molar-refractivity contribution in [1.29, 1.82) is 0 Å². The normalized spacial score (nSPS) is 18.4. The molecule has 2 aromatic carbocycles. The van der Waals surface area contributed by atoms with Crippen molar-refractivity contribution in [2.45, 2.75) is 58.3 Å². The molecule has 3 aromatic rings. The molecule has 0 saturated heterocycles. The van der Waals surface area contributed by atoms with Crippen molar-refractivity contribution >= 4 is 23.5 Å². The van der Waals surface area contributed by atoms with Crippen LogP contribution < -0.4 is 0 Å². The Kier molecular flexibility index (Phi) is 5.29. The molecule has 0 bridgehead atoms. The quantitative estimate of drug-likeness (QED) is 0.398. The third kappa shape index (κ3) is 4.00. The summed E-state index contributed by atoms with van der Waals surface area (Å²) in [6, 6.07) is 18.2. The maximum Gasteiger partial charge on any atom is 0.00892 e. The van der Waals surface area contributed by atoms with Gasteiger partial charge in [-0.3, -0.25) is 0 Å². The van der Waals surface area contributed by atoms with E-state index in [-0.39, 0.29) is 5.41 Å². The van der Waals surface area contributed by atoms with Crippen molar-refractivity contribution in [3.05, 3.63) is 92.2 Å². The molecule has 1 aliphatic carbocycles. The predicted octanol–water partition coefficient (Wildman–Crippen LogP) is 7.99. The van der Waals surface area contributed by atoms with Gasteiger partial charge in [-0.1, -0.05) is 81.0 Å². The van der Waals surface area contributed by atoms with Crippen LogP contribution in [0.3, 0.4) is 0 Å². The molecule has 0 N–H and O–H groups in total. The Morgan fingerprint density at radius 2 is 1.86 bits per heavy atom. The highest BCUT2D eigenvalue weighted by molar-refractivity contribution is 7.09. The monoisotopic (exact) mass is 386 g/mol. The topological polar surface area (TPSA) is 0 Å². The number of benzene rings is 2. The molecule has 0 aliphatic heterocycles. The fraction of sp³-hybridized carbons (Fsp3) is 0.333. The second-order valence-corrected chi connectivity index (χ2v) is 9.99. The molecule has 1 unspecified atom stereocenters. The first-order valence-corrected chi connectivity index (χ1v) is 11.2. The summed E-state index contributed by atoms with van der Waals surface area (Å²) in [5.41, 5.74) is 8.76. The van der Waals surface area contributed by atoms with E-state index in [2.05, 4.69) is 93.8 Å². The largest absolute Gasteiger partial charge is 0.149 e. The zero-order valence-electron chi connectivity index (χ0n) is 17.5. The highest BCUT2D eigenvalue weighted by atomic mass is 32.1. The van der Waals surface area contributed by atoms with Gasteiger partial charge in [0.15, 0.2) is 0 Å². The minimum Gasteiger partial charge on any atom is -0.149 e. The number of thiophene rings is 1. The maximum atomic E-state index is 2.51. The van der Waals surface area contributed by atoms with Gasteiger partial charge in [0.2, 0.25) is 0 Å². The number of rotatable bonds is 4. The average molecular weight is 387 g/mol. The Bertz CT molecular complexity index is 972. The number of aryl methyl sites for hydroxylation is 1. The third-order valence-corrected chi connectivity index (χ3v) is 7.13. The molecule has 0 fully saturated rings. The van der Waals surface area contributed by atoms with Crippen LogP contribution in [0.25, 0.3) is 12.2 Å². The summed E-state index contributed by atoms with van der Waals surface area (Å²) in [5.74, 6) is 0.653. The maximum absolute atomic E-state index is 2.51. The van der Waals surface area contributed by atoms with Crippen molar-refractivity contribution in [3.63, 3.8) is 0 Å². The van der Waals surface area contributed by atoms with Gasteiger partial charge < -0.3 is 0 Å². The van der Waals surface area contributed by atoms with E-state index >= 15 is 0 Å². The van der Waals surface area contributed by atoms with Crippen LogP contribution in [-0.4, -0.2) is 0 Å². The van der Waals surface area contributed by atoms with Gasteiger partial charge in [0.1, 0.15) is 0 Å². The fourth-order valence-corrected chi connectivity index (χ4v) is 5.04. The third-order valence-electron chi connectivity index (χ3n) is 6.25. The summed E-state index contributed by atoms with van der Waals surface area (Å²) in [6.45, 7) is 9.35. The molecule has 1 aromatic heterocycles. The Morgan fingerprint density at radius 3 is 2.57 bits per heavy atom. The van der Waals surface area contributed by atoms with Crippen LogP contribution in [0.15, 0.2) is 53.9 Å². The number of fused-ring (bicyclic) bond motifs is 1. The molecule has 0 amide bonds. The van der Waals surface area contributed by atoms with E-state index in [1.54, 1.807) is 11.1 Å². The lowest BCUT2D eigenvalue weighted by Crippen LogP contribution is -2.26. The van der Waals surface area contributed by atoms with Crippen molar-refractivity contribution in [2.24, 2.45) is 0 Å². The van der Waals surface area contributed by atoms with Crippen LogP contribution >= 0.6 is 11.3 Å². The van der Waals surface area contributed by atoms with Crippen molar-refractivity contribution in [3.8, 4) is 0 Å². The second kappa shape index (κ2) is 7.72. The molecule has 0 saturated carbocycles. The summed E-state index contributed by atoms with van der Waals surface area (Å²) in [6.07, 6.45) is 8.16. The molecule has 1 atom stereocenters. The molecule has 144 valence electrons. The van der Waals surface area contributed by atoms with Gasteiger partial charge in [0.05, 0.1) is 0 Å². The van der Waals surface area contributed by atoms with E-state index < -0.39 is 0 Å². The van der Waals surface area contributed by atoms with Gasteiger partial charge in [-0.05, 0) is 70.4 Å². The molecular formula is C27H30S. The van der Waals surface area contributed by atoms with E-state index in [0.717, 1.165) is 6.42 Å². The van der Waals surface area contributed by atoms with Crippen LogP contribution in [0.2, 0.25) is 0 Å². The molecule has 4 rings (SSSR count). The molecular weight excluding hydrogens is 356 g/mol. The summed E-state index contributed by atoms with van der Waals surface area (Å²) in [7, 11) is 0. The van der Waals surface area contributed by atoms with E-state index in [1.165, 1.54) is 40.0 Å². The van der Waals surface area contributed by atoms with Crippen LogP contribution in [0, 0.1) is 6.92 Å². The lowest BCUT2D eigenvalue weighted by molar-refractivity contribution is 0.402. The van der Waals surface area contributed by atoms with Gasteiger partial charge in [0, 0.05) is 11.3 Å². The molecule has 28 heavy (non-hydrogen) atoms. The Morgan fingerprint density at radius 1 is 1.07 bits per heavy atom. The summed E-state index contributed by atoms with van der Waals surface area (Å²) in [5, 5.41) is 2.18. The zero-order valence-corrected chi connectivity index (χ0v) is 18.3. The molecule has 0 nitrogen and oxygen atoms in total.